The molecule has 2 aromatic rings. The Balaban J connectivity index is 2.36. The molecule has 0 atom stereocenters. The largest absolute Gasteiger partial charge is 0.462 e. The van der Waals surface area contributed by atoms with Crippen LogP contribution in [0, 0.1) is 0 Å². The van der Waals surface area contributed by atoms with Gasteiger partial charge in [0.1, 0.15) is 5.56 Å². The van der Waals surface area contributed by atoms with E-state index in [1.165, 1.54) is 0 Å². The molecule has 0 fully saturated rings. The maximum Gasteiger partial charge on any atom is 0.341 e. The SMILES string of the molecule is CCOC(=O)c1cnc2ccc(Br)cc2c1NCCCN(C)C. The summed E-state index contributed by atoms with van der Waals surface area (Å²) in [4.78, 5) is 18.7. The van der Waals surface area contributed by atoms with Crippen molar-refractivity contribution in [3.05, 3.63) is 34.4 Å². The molecule has 2 rings (SSSR count). The Morgan fingerprint density at radius 2 is 2.17 bits per heavy atom. The number of benzene rings is 1. The molecule has 0 aliphatic carbocycles. The lowest BCUT2D eigenvalue weighted by atomic mass is 10.1. The number of nitrogens with one attached hydrogen (secondary N) is 1. The van der Waals surface area contributed by atoms with Crippen LogP contribution in [0.3, 0.4) is 0 Å². The zero-order chi connectivity index (χ0) is 16.8. The molecule has 1 aromatic carbocycles. The summed E-state index contributed by atoms with van der Waals surface area (Å²) in [5.74, 6) is -0.350. The Hall–Kier alpha value is -1.66. The van der Waals surface area contributed by atoms with Crippen molar-refractivity contribution in [1.82, 2.24) is 9.88 Å². The van der Waals surface area contributed by atoms with Crippen LogP contribution in [0.1, 0.15) is 23.7 Å². The maximum absolute atomic E-state index is 12.2. The minimum Gasteiger partial charge on any atom is -0.462 e. The highest BCUT2D eigenvalue weighted by molar-refractivity contribution is 9.10. The van der Waals surface area contributed by atoms with Gasteiger partial charge in [-0.05, 0) is 52.2 Å². The van der Waals surface area contributed by atoms with Gasteiger partial charge in [0.15, 0.2) is 0 Å². The standard InChI is InChI=1S/C17H22BrN3O2/c1-4-23-17(22)14-11-20-15-7-6-12(18)10-13(15)16(14)19-8-5-9-21(2)3/h6-7,10-11H,4-5,8-9H2,1-3H3,(H,19,20). The number of esters is 1. The van der Waals surface area contributed by atoms with E-state index in [2.05, 4.69) is 31.1 Å². The van der Waals surface area contributed by atoms with E-state index in [1.807, 2.05) is 32.3 Å². The Bertz CT molecular complexity index is 689. The number of pyridine rings is 1. The molecule has 0 radical (unpaired) electrons. The van der Waals surface area contributed by atoms with Crippen LogP contribution in [0.4, 0.5) is 5.69 Å². The molecule has 0 spiro atoms. The molecule has 1 heterocycles. The van der Waals surface area contributed by atoms with Crippen LogP contribution in [-0.2, 0) is 4.74 Å². The average Bonchev–Trinajstić information content (AvgIpc) is 2.51. The Morgan fingerprint density at radius 3 is 2.87 bits per heavy atom. The number of halogens is 1. The van der Waals surface area contributed by atoms with E-state index in [0.29, 0.717) is 12.2 Å². The number of hydrogen-bond acceptors (Lipinski definition) is 5. The first-order valence-corrected chi connectivity index (χ1v) is 8.46. The third-order valence-corrected chi connectivity index (χ3v) is 3.90. The zero-order valence-corrected chi connectivity index (χ0v) is 15.3. The smallest absolute Gasteiger partial charge is 0.341 e. The molecule has 0 bridgehead atoms. The van der Waals surface area contributed by atoms with Crippen molar-refractivity contribution in [3.63, 3.8) is 0 Å². The fraction of sp³-hybridized carbons (Fsp3) is 0.412. The molecule has 1 N–H and O–H groups in total. The molecule has 0 unspecified atom stereocenters. The molecule has 1 aromatic heterocycles. The molecule has 0 saturated heterocycles. The molecule has 23 heavy (non-hydrogen) atoms. The van der Waals surface area contributed by atoms with Gasteiger partial charge in [-0.25, -0.2) is 4.79 Å². The van der Waals surface area contributed by atoms with Crippen molar-refractivity contribution in [1.29, 1.82) is 0 Å². The van der Waals surface area contributed by atoms with Gasteiger partial charge < -0.3 is 15.0 Å². The van der Waals surface area contributed by atoms with Crippen LogP contribution >= 0.6 is 15.9 Å². The molecule has 124 valence electrons. The topological polar surface area (TPSA) is 54.5 Å². The summed E-state index contributed by atoms with van der Waals surface area (Å²) >= 11 is 3.48. The Labute approximate surface area is 145 Å². The third-order valence-electron chi connectivity index (χ3n) is 3.41. The highest BCUT2D eigenvalue weighted by atomic mass is 79.9. The molecular formula is C17H22BrN3O2. The fourth-order valence-corrected chi connectivity index (χ4v) is 2.69. The number of nitrogens with zero attached hydrogens (tertiary/aromatic N) is 2. The molecule has 5 nitrogen and oxygen atoms in total. The minimum absolute atomic E-state index is 0.343. The summed E-state index contributed by atoms with van der Waals surface area (Å²) < 4.78 is 6.10. The van der Waals surface area contributed by atoms with E-state index in [4.69, 9.17) is 4.74 Å². The first-order chi connectivity index (χ1) is 11.0. The first-order valence-electron chi connectivity index (χ1n) is 7.67. The van der Waals surface area contributed by atoms with Crippen LogP contribution in [0.2, 0.25) is 0 Å². The number of carbonyl (C=O) groups excluding carboxylic acids is 1. The molecule has 0 aliphatic rings. The van der Waals surface area contributed by atoms with Crippen molar-refractivity contribution in [2.75, 3.05) is 39.1 Å². The fourth-order valence-electron chi connectivity index (χ4n) is 2.33. The molecular weight excluding hydrogens is 358 g/mol. The van der Waals surface area contributed by atoms with Crippen molar-refractivity contribution < 1.29 is 9.53 Å². The lowest BCUT2D eigenvalue weighted by Crippen LogP contribution is -2.17. The summed E-state index contributed by atoms with van der Waals surface area (Å²) in [6.07, 6.45) is 2.57. The van der Waals surface area contributed by atoms with E-state index >= 15 is 0 Å². The number of aromatic nitrogens is 1. The summed E-state index contributed by atoms with van der Waals surface area (Å²) in [6, 6.07) is 5.84. The van der Waals surface area contributed by atoms with E-state index in [-0.39, 0.29) is 5.97 Å². The quantitative estimate of drug-likeness (QED) is 0.588. The number of hydrogen-bond donors (Lipinski definition) is 1. The van der Waals surface area contributed by atoms with Crippen LogP contribution in [-0.4, -0.2) is 49.6 Å². The Kier molecular flexibility index (Phi) is 6.36. The van der Waals surface area contributed by atoms with Gasteiger partial charge in [0, 0.05) is 22.6 Å². The predicted octanol–water partition coefficient (Wildman–Crippen LogP) is 3.54. The molecule has 0 saturated carbocycles. The lowest BCUT2D eigenvalue weighted by molar-refractivity contribution is 0.0527. The van der Waals surface area contributed by atoms with E-state index in [9.17, 15) is 4.79 Å². The monoisotopic (exact) mass is 379 g/mol. The second-order valence-corrected chi connectivity index (χ2v) is 6.43. The summed E-state index contributed by atoms with van der Waals surface area (Å²) in [5, 5.41) is 4.30. The van der Waals surface area contributed by atoms with Gasteiger partial charge in [-0.15, -0.1) is 0 Å². The van der Waals surface area contributed by atoms with Gasteiger partial charge in [0.25, 0.3) is 0 Å². The highest BCUT2D eigenvalue weighted by Gasteiger charge is 2.16. The first kappa shape index (κ1) is 17.7. The van der Waals surface area contributed by atoms with E-state index < -0.39 is 0 Å². The van der Waals surface area contributed by atoms with Gasteiger partial charge in [-0.2, -0.15) is 0 Å². The van der Waals surface area contributed by atoms with Gasteiger partial charge in [0.05, 0.1) is 17.8 Å². The van der Waals surface area contributed by atoms with Crippen LogP contribution in [0.15, 0.2) is 28.9 Å². The zero-order valence-electron chi connectivity index (χ0n) is 13.7. The normalized spacial score (nSPS) is 11.0. The van der Waals surface area contributed by atoms with Crippen molar-refractivity contribution in [3.8, 4) is 0 Å². The molecule has 6 heteroatoms. The maximum atomic E-state index is 12.2. The number of ether oxygens (including phenoxy) is 1. The molecule has 0 amide bonds. The second kappa shape index (κ2) is 8.26. The van der Waals surface area contributed by atoms with Crippen LogP contribution in [0.25, 0.3) is 10.9 Å². The highest BCUT2D eigenvalue weighted by Crippen LogP contribution is 2.29. The molecule has 0 aliphatic heterocycles. The lowest BCUT2D eigenvalue weighted by Gasteiger charge is -2.15. The van der Waals surface area contributed by atoms with Gasteiger partial charge >= 0.3 is 5.97 Å². The average molecular weight is 380 g/mol. The number of carbonyl (C=O) groups is 1. The minimum atomic E-state index is -0.350. The summed E-state index contributed by atoms with van der Waals surface area (Å²) in [6.45, 7) is 3.90. The van der Waals surface area contributed by atoms with Gasteiger partial charge in [-0.1, -0.05) is 15.9 Å². The predicted molar refractivity (Wildman–Crippen MR) is 97.1 cm³/mol. The number of fused-ring (bicyclic) bond motifs is 1. The van der Waals surface area contributed by atoms with Crippen molar-refractivity contribution >= 4 is 38.5 Å². The van der Waals surface area contributed by atoms with Crippen molar-refractivity contribution in [2.45, 2.75) is 13.3 Å². The van der Waals surface area contributed by atoms with E-state index in [1.54, 1.807) is 13.1 Å². The number of rotatable bonds is 7. The van der Waals surface area contributed by atoms with Gasteiger partial charge in [-0.3, -0.25) is 4.98 Å². The van der Waals surface area contributed by atoms with Crippen molar-refractivity contribution in [2.24, 2.45) is 0 Å². The van der Waals surface area contributed by atoms with Crippen LogP contribution in [0.5, 0.6) is 0 Å². The second-order valence-electron chi connectivity index (χ2n) is 5.51. The van der Waals surface area contributed by atoms with Gasteiger partial charge in [0.2, 0.25) is 0 Å². The third kappa shape index (κ3) is 4.65. The van der Waals surface area contributed by atoms with E-state index in [0.717, 1.165) is 40.6 Å². The van der Waals surface area contributed by atoms with Crippen LogP contribution < -0.4 is 5.32 Å². The summed E-state index contributed by atoms with van der Waals surface area (Å²) in [5.41, 5.74) is 2.10. The Morgan fingerprint density at radius 1 is 1.39 bits per heavy atom. The number of anilines is 1. The summed E-state index contributed by atoms with van der Waals surface area (Å²) in [7, 11) is 4.09.